The molecule has 0 saturated heterocycles. The first-order chi connectivity index (χ1) is 12.3. The number of amides is 2. The number of carbonyl (C=O) groups is 1. The molecule has 0 aliphatic rings. The quantitative estimate of drug-likeness (QED) is 0.831. The fourth-order valence-electron chi connectivity index (χ4n) is 2.21. The van der Waals surface area contributed by atoms with Crippen molar-refractivity contribution in [2.24, 2.45) is 0 Å². The van der Waals surface area contributed by atoms with Gasteiger partial charge in [-0.2, -0.15) is 13.2 Å². The van der Waals surface area contributed by atoms with E-state index in [4.69, 9.17) is 4.74 Å². The molecule has 0 aliphatic heterocycles. The molecule has 2 amide bonds. The number of aryl methyl sites for hydroxylation is 1. The first-order valence-corrected chi connectivity index (χ1v) is 8.10. The second-order valence-electron chi connectivity index (χ2n) is 5.94. The summed E-state index contributed by atoms with van der Waals surface area (Å²) in [6.07, 6.45) is -4.40. The Morgan fingerprint density at radius 1 is 1.15 bits per heavy atom. The SMILES string of the molecule is Cc1ccc(OCCN(C)C(=O)NCc2cccc(C(F)(F)F)c2)cc1. The maximum absolute atomic E-state index is 12.7. The van der Waals surface area contributed by atoms with Crippen molar-refractivity contribution in [1.82, 2.24) is 10.2 Å². The zero-order valence-corrected chi connectivity index (χ0v) is 14.6. The normalized spacial score (nSPS) is 11.1. The number of nitrogens with one attached hydrogen (secondary N) is 1. The third kappa shape index (κ3) is 5.98. The molecule has 0 radical (unpaired) electrons. The number of halogens is 3. The number of hydrogen-bond donors (Lipinski definition) is 1. The first kappa shape index (κ1) is 19.6. The topological polar surface area (TPSA) is 41.6 Å². The number of hydrogen-bond acceptors (Lipinski definition) is 2. The molecule has 0 spiro atoms. The van der Waals surface area contributed by atoms with Crippen molar-refractivity contribution >= 4 is 6.03 Å². The summed E-state index contributed by atoms with van der Waals surface area (Å²) in [5, 5.41) is 2.60. The van der Waals surface area contributed by atoms with E-state index in [2.05, 4.69) is 5.32 Å². The van der Waals surface area contributed by atoms with E-state index in [1.165, 1.54) is 17.0 Å². The van der Waals surface area contributed by atoms with E-state index in [-0.39, 0.29) is 12.6 Å². The van der Waals surface area contributed by atoms with Crippen LogP contribution in [0.1, 0.15) is 16.7 Å². The standard InChI is InChI=1S/C19H21F3N2O2/c1-14-6-8-17(9-7-14)26-11-10-24(2)18(25)23-13-15-4-3-5-16(12-15)19(20,21)22/h3-9,12H,10-11,13H2,1-2H3,(H,23,25). The Morgan fingerprint density at radius 2 is 1.85 bits per heavy atom. The van der Waals surface area contributed by atoms with Gasteiger partial charge in [0.1, 0.15) is 12.4 Å². The Balaban J connectivity index is 1.77. The number of alkyl halides is 3. The van der Waals surface area contributed by atoms with Gasteiger partial charge in [0, 0.05) is 13.6 Å². The van der Waals surface area contributed by atoms with Crippen molar-refractivity contribution in [3.63, 3.8) is 0 Å². The van der Waals surface area contributed by atoms with Crippen LogP contribution in [0.3, 0.4) is 0 Å². The molecule has 1 N–H and O–H groups in total. The molecule has 4 nitrogen and oxygen atoms in total. The summed E-state index contributed by atoms with van der Waals surface area (Å²) in [6.45, 7) is 2.66. The fraction of sp³-hybridized carbons (Fsp3) is 0.316. The Hall–Kier alpha value is -2.70. The summed E-state index contributed by atoms with van der Waals surface area (Å²) in [4.78, 5) is 13.4. The van der Waals surface area contributed by atoms with Gasteiger partial charge in [0.2, 0.25) is 0 Å². The maximum Gasteiger partial charge on any atom is 0.416 e. The molecule has 2 aromatic rings. The molecule has 140 valence electrons. The lowest BCUT2D eigenvalue weighted by Gasteiger charge is -2.18. The van der Waals surface area contributed by atoms with Crippen LogP contribution in [0.15, 0.2) is 48.5 Å². The number of likely N-dealkylation sites (N-methyl/N-ethyl adjacent to an activating group) is 1. The summed E-state index contributed by atoms with van der Waals surface area (Å²) < 4.78 is 43.6. The van der Waals surface area contributed by atoms with Crippen molar-refractivity contribution in [3.05, 3.63) is 65.2 Å². The lowest BCUT2D eigenvalue weighted by Crippen LogP contribution is -2.39. The average Bonchev–Trinajstić information content (AvgIpc) is 2.60. The van der Waals surface area contributed by atoms with Crippen LogP contribution in [0.25, 0.3) is 0 Å². The van der Waals surface area contributed by atoms with Gasteiger partial charge >= 0.3 is 12.2 Å². The number of urea groups is 1. The van der Waals surface area contributed by atoms with E-state index in [1.807, 2.05) is 31.2 Å². The van der Waals surface area contributed by atoms with Crippen LogP contribution >= 0.6 is 0 Å². The van der Waals surface area contributed by atoms with Crippen molar-refractivity contribution in [1.29, 1.82) is 0 Å². The first-order valence-electron chi connectivity index (χ1n) is 8.10. The van der Waals surface area contributed by atoms with Gasteiger partial charge in [-0.05, 0) is 36.8 Å². The predicted octanol–water partition coefficient (Wildman–Crippen LogP) is 4.23. The summed E-state index contributed by atoms with van der Waals surface area (Å²) in [5.74, 6) is 0.716. The minimum atomic E-state index is -4.40. The molecule has 26 heavy (non-hydrogen) atoms. The third-order valence-electron chi connectivity index (χ3n) is 3.76. The number of rotatable bonds is 6. The monoisotopic (exact) mass is 366 g/mol. The number of ether oxygens (including phenoxy) is 1. The fourth-order valence-corrected chi connectivity index (χ4v) is 2.21. The molecule has 0 saturated carbocycles. The van der Waals surface area contributed by atoms with E-state index in [9.17, 15) is 18.0 Å². The van der Waals surface area contributed by atoms with E-state index >= 15 is 0 Å². The highest BCUT2D eigenvalue weighted by molar-refractivity contribution is 5.73. The summed E-state index contributed by atoms with van der Waals surface area (Å²) in [6, 6.07) is 12.1. The molecular weight excluding hydrogens is 345 g/mol. The zero-order valence-electron chi connectivity index (χ0n) is 14.6. The van der Waals surface area contributed by atoms with Gasteiger partial charge in [0.05, 0.1) is 12.1 Å². The second kappa shape index (κ2) is 8.60. The second-order valence-corrected chi connectivity index (χ2v) is 5.94. The minimum absolute atomic E-state index is 0.0198. The molecule has 0 unspecified atom stereocenters. The van der Waals surface area contributed by atoms with Crippen molar-refractivity contribution in [3.8, 4) is 5.75 Å². The highest BCUT2D eigenvalue weighted by atomic mass is 19.4. The van der Waals surface area contributed by atoms with Crippen LogP contribution in [-0.4, -0.2) is 31.1 Å². The maximum atomic E-state index is 12.7. The lowest BCUT2D eigenvalue weighted by atomic mass is 10.1. The van der Waals surface area contributed by atoms with E-state index < -0.39 is 11.7 Å². The van der Waals surface area contributed by atoms with Crippen molar-refractivity contribution in [2.75, 3.05) is 20.2 Å². The van der Waals surface area contributed by atoms with Crippen LogP contribution in [-0.2, 0) is 12.7 Å². The molecule has 2 rings (SSSR count). The average molecular weight is 366 g/mol. The Labute approximate surface area is 150 Å². The molecule has 0 aliphatic carbocycles. The third-order valence-corrected chi connectivity index (χ3v) is 3.76. The van der Waals surface area contributed by atoms with Gasteiger partial charge in [-0.3, -0.25) is 0 Å². The van der Waals surface area contributed by atoms with E-state index in [0.717, 1.165) is 17.7 Å². The van der Waals surface area contributed by atoms with Crippen LogP contribution in [0, 0.1) is 6.92 Å². The number of nitrogens with zero attached hydrogens (tertiary/aromatic N) is 1. The number of benzene rings is 2. The van der Waals surface area contributed by atoms with Gasteiger partial charge in [0.15, 0.2) is 0 Å². The number of carbonyl (C=O) groups excluding carboxylic acids is 1. The molecule has 7 heteroatoms. The van der Waals surface area contributed by atoms with Gasteiger partial charge in [-0.1, -0.05) is 29.8 Å². The molecule has 0 atom stereocenters. The highest BCUT2D eigenvalue weighted by Crippen LogP contribution is 2.29. The van der Waals surface area contributed by atoms with Gasteiger partial charge in [0.25, 0.3) is 0 Å². The van der Waals surface area contributed by atoms with Crippen LogP contribution in [0.4, 0.5) is 18.0 Å². The molecular formula is C19H21F3N2O2. The zero-order chi connectivity index (χ0) is 19.2. The molecule has 0 fully saturated rings. The largest absolute Gasteiger partial charge is 0.492 e. The lowest BCUT2D eigenvalue weighted by molar-refractivity contribution is -0.137. The Kier molecular flexibility index (Phi) is 6.49. The van der Waals surface area contributed by atoms with Crippen molar-refractivity contribution < 1.29 is 22.7 Å². The summed E-state index contributed by atoms with van der Waals surface area (Å²) in [7, 11) is 1.60. The smallest absolute Gasteiger partial charge is 0.416 e. The minimum Gasteiger partial charge on any atom is -0.492 e. The van der Waals surface area contributed by atoms with Crippen LogP contribution < -0.4 is 10.1 Å². The van der Waals surface area contributed by atoms with Crippen molar-refractivity contribution in [2.45, 2.75) is 19.6 Å². The van der Waals surface area contributed by atoms with Gasteiger partial charge < -0.3 is 15.0 Å². The van der Waals surface area contributed by atoms with Gasteiger partial charge in [-0.15, -0.1) is 0 Å². The van der Waals surface area contributed by atoms with E-state index in [1.54, 1.807) is 7.05 Å². The Morgan fingerprint density at radius 3 is 2.50 bits per heavy atom. The molecule has 2 aromatic carbocycles. The van der Waals surface area contributed by atoms with Crippen LogP contribution in [0.2, 0.25) is 0 Å². The molecule has 0 bridgehead atoms. The van der Waals surface area contributed by atoms with Crippen LogP contribution in [0.5, 0.6) is 5.75 Å². The van der Waals surface area contributed by atoms with E-state index in [0.29, 0.717) is 24.5 Å². The summed E-state index contributed by atoms with van der Waals surface area (Å²) >= 11 is 0. The Bertz CT molecular complexity index is 730. The molecule has 0 heterocycles. The van der Waals surface area contributed by atoms with Gasteiger partial charge in [-0.25, -0.2) is 4.79 Å². The summed E-state index contributed by atoms with van der Waals surface area (Å²) in [5.41, 5.74) is 0.782. The predicted molar refractivity (Wildman–Crippen MR) is 93.0 cm³/mol. The highest BCUT2D eigenvalue weighted by Gasteiger charge is 2.30. The molecule has 0 aromatic heterocycles.